The van der Waals surface area contributed by atoms with Gasteiger partial charge in [-0.05, 0) is 82.1 Å². The quantitative estimate of drug-likeness (QED) is 0.524. The number of hydrogen-bond acceptors (Lipinski definition) is 3. The molecule has 4 rings (SSSR count). The average Bonchev–Trinajstić information content (AvgIpc) is 3.10. The van der Waals surface area contributed by atoms with Crippen molar-refractivity contribution in [2.24, 2.45) is 5.92 Å². The Morgan fingerprint density at radius 3 is 2.68 bits per heavy atom. The Balaban J connectivity index is 1.33. The summed E-state index contributed by atoms with van der Waals surface area (Å²) in [7, 11) is 2.20. The van der Waals surface area contributed by atoms with Crippen LogP contribution in [-0.2, 0) is 0 Å². The molecular weight excluding hydrogens is 377 g/mol. The number of benzene rings is 2. The smallest absolute Gasteiger partial charge is 0.144 e. The lowest BCUT2D eigenvalue weighted by Crippen LogP contribution is -2.30. The number of hydrogen-bond donors (Lipinski definition) is 0. The number of likely N-dealkylation sites (tertiary alicyclic amines) is 1. The summed E-state index contributed by atoms with van der Waals surface area (Å²) in [4.78, 5) is 6.71. The first-order valence-electron chi connectivity index (χ1n) is 9.84. The largest absolute Gasteiger partial charge is 0.494 e. The van der Waals surface area contributed by atoms with Gasteiger partial charge in [-0.25, -0.2) is 9.37 Å². The molecule has 0 atom stereocenters. The topological polar surface area (TPSA) is 30.3 Å². The zero-order chi connectivity index (χ0) is 19.5. The Morgan fingerprint density at radius 1 is 1.18 bits per heavy atom. The first-order chi connectivity index (χ1) is 13.6. The lowest BCUT2D eigenvalue weighted by atomic mass is 9.93. The van der Waals surface area contributed by atoms with Crippen LogP contribution in [-0.4, -0.2) is 41.2 Å². The lowest BCUT2D eigenvalue weighted by molar-refractivity contribution is 0.200. The number of rotatable bonds is 6. The molecule has 1 saturated heterocycles. The van der Waals surface area contributed by atoms with Gasteiger partial charge in [0.1, 0.15) is 17.9 Å². The number of halogens is 2. The van der Waals surface area contributed by atoms with Crippen molar-refractivity contribution < 1.29 is 9.13 Å². The zero-order valence-electron chi connectivity index (χ0n) is 16.1. The molecule has 0 aliphatic carbocycles. The predicted octanol–water partition coefficient (Wildman–Crippen LogP) is 5.32. The van der Waals surface area contributed by atoms with E-state index < -0.39 is 5.82 Å². The highest BCUT2D eigenvalue weighted by Crippen LogP contribution is 2.26. The lowest BCUT2D eigenvalue weighted by Gasteiger charge is -2.28. The maximum atomic E-state index is 13.8. The highest BCUT2D eigenvalue weighted by Gasteiger charge is 2.16. The van der Waals surface area contributed by atoms with E-state index in [1.54, 1.807) is 12.4 Å². The number of ether oxygens (including phenoxy) is 1. The summed E-state index contributed by atoms with van der Waals surface area (Å²) in [5.74, 6) is 1.25. The second-order valence-electron chi connectivity index (χ2n) is 7.60. The van der Waals surface area contributed by atoms with Gasteiger partial charge in [0.2, 0.25) is 0 Å². The van der Waals surface area contributed by atoms with Crippen LogP contribution in [0.5, 0.6) is 5.75 Å². The van der Waals surface area contributed by atoms with Crippen molar-refractivity contribution in [2.75, 3.05) is 26.7 Å². The van der Waals surface area contributed by atoms with Crippen LogP contribution >= 0.6 is 11.6 Å². The standard InChI is InChI=1S/C22H25ClFN3O/c1-26-10-8-16(9-11-26)3-2-12-28-18-6-4-17(5-7-18)27-15-25-21-13-19(23)20(24)14-22(21)27/h4-7,13-16H,2-3,8-12H2,1H3. The average molecular weight is 402 g/mol. The van der Waals surface area contributed by atoms with E-state index in [9.17, 15) is 4.39 Å². The Labute approximate surface area is 169 Å². The molecule has 0 bridgehead atoms. The third kappa shape index (κ3) is 4.31. The molecular formula is C22H25ClFN3O. The van der Waals surface area contributed by atoms with E-state index in [1.807, 2.05) is 28.8 Å². The number of piperidine rings is 1. The van der Waals surface area contributed by atoms with E-state index >= 15 is 0 Å². The van der Waals surface area contributed by atoms with Gasteiger partial charge in [-0.2, -0.15) is 0 Å². The molecule has 1 aliphatic rings. The van der Waals surface area contributed by atoms with Crippen LogP contribution in [0.2, 0.25) is 5.02 Å². The van der Waals surface area contributed by atoms with Gasteiger partial charge in [-0.15, -0.1) is 0 Å². The van der Waals surface area contributed by atoms with Crippen molar-refractivity contribution >= 4 is 22.6 Å². The summed E-state index contributed by atoms with van der Waals surface area (Å²) in [6, 6.07) is 10.8. The van der Waals surface area contributed by atoms with Gasteiger partial charge in [-0.3, -0.25) is 4.57 Å². The highest BCUT2D eigenvalue weighted by molar-refractivity contribution is 6.31. The summed E-state index contributed by atoms with van der Waals surface area (Å²) in [5, 5.41) is 0.0849. The minimum absolute atomic E-state index is 0.0849. The van der Waals surface area contributed by atoms with Gasteiger partial charge in [0.25, 0.3) is 0 Å². The van der Waals surface area contributed by atoms with E-state index in [0.29, 0.717) is 11.0 Å². The van der Waals surface area contributed by atoms with E-state index in [4.69, 9.17) is 16.3 Å². The van der Waals surface area contributed by atoms with Crippen molar-refractivity contribution in [1.29, 1.82) is 0 Å². The summed E-state index contributed by atoms with van der Waals surface area (Å²) >= 11 is 5.84. The van der Waals surface area contributed by atoms with Gasteiger partial charge >= 0.3 is 0 Å². The van der Waals surface area contributed by atoms with Crippen molar-refractivity contribution in [2.45, 2.75) is 25.7 Å². The molecule has 1 aromatic heterocycles. The fourth-order valence-electron chi connectivity index (χ4n) is 3.83. The Hall–Kier alpha value is -2.11. The van der Waals surface area contributed by atoms with Gasteiger partial charge < -0.3 is 9.64 Å². The molecule has 0 spiro atoms. The van der Waals surface area contributed by atoms with Crippen molar-refractivity contribution in [3.63, 3.8) is 0 Å². The van der Waals surface area contributed by atoms with Gasteiger partial charge in [0, 0.05) is 11.8 Å². The molecule has 1 fully saturated rings. The Kier molecular flexibility index (Phi) is 5.83. The minimum atomic E-state index is -0.444. The molecule has 0 unspecified atom stereocenters. The fourth-order valence-corrected chi connectivity index (χ4v) is 3.98. The van der Waals surface area contributed by atoms with Crippen molar-refractivity contribution in [1.82, 2.24) is 14.5 Å². The first-order valence-corrected chi connectivity index (χ1v) is 10.2. The zero-order valence-corrected chi connectivity index (χ0v) is 16.8. The minimum Gasteiger partial charge on any atom is -0.494 e. The van der Waals surface area contributed by atoms with Crippen molar-refractivity contribution in [3.05, 3.63) is 53.6 Å². The second-order valence-corrected chi connectivity index (χ2v) is 8.01. The first kappa shape index (κ1) is 19.2. The molecule has 0 amide bonds. The van der Waals surface area contributed by atoms with E-state index in [-0.39, 0.29) is 5.02 Å². The summed E-state index contributed by atoms with van der Waals surface area (Å²) < 4.78 is 21.6. The molecule has 4 nitrogen and oxygen atoms in total. The number of nitrogens with zero attached hydrogens (tertiary/aromatic N) is 3. The van der Waals surface area contributed by atoms with E-state index in [0.717, 1.165) is 30.4 Å². The monoisotopic (exact) mass is 401 g/mol. The molecule has 28 heavy (non-hydrogen) atoms. The van der Waals surface area contributed by atoms with Crippen LogP contribution in [0.4, 0.5) is 4.39 Å². The van der Waals surface area contributed by atoms with Gasteiger partial charge in [0.15, 0.2) is 0 Å². The SMILES string of the molecule is CN1CCC(CCCOc2ccc(-n3cnc4cc(Cl)c(F)cc43)cc2)CC1. The molecule has 0 saturated carbocycles. The number of aromatic nitrogens is 2. The molecule has 148 valence electrons. The summed E-state index contributed by atoms with van der Waals surface area (Å²) in [6.07, 6.45) is 6.60. The normalized spacial score (nSPS) is 16.0. The molecule has 0 N–H and O–H groups in total. The third-order valence-electron chi connectivity index (χ3n) is 5.57. The molecule has 0 radical (unpaired) electrons. The number of fused-ring (bicyclic) bond motifs is 1. The fraction of sp³-hybridized carbons (Fsp3) is 0.409. The summed E-state index contributed by atoms with van der Waals surface area (Å²) in [5.41, 5.74) is 2.26. The van der Waals surface area contributed by atoms with E-state index in [1.165, 1.54) is 38.4 Å². The molecule has 2 heterocycles. The van der Waals surface area contributed by atoms with Crippen LogP contribution in [0.25, 0.3) is 16.7 Å². The van der Waals surface area contributed by atoms with E-state index in [2.05, 4.69) is 16.9 Å². The Morgan fingerprint density at radius 2 is 1.93 bits per heavy atom. The highest BCUT2D eigenvalue weighted by atomic mass is 35.5. The summed E-state index contributed by atoms with van der Waals surface area (Å²) in [6.45, 7) is 3.17. The maximum absolute atomic E-state index is 13.8. The van der Waals surface area contributed by atoms with Gasteiger partial charge in [-0.1, -0.05) is 11.6 Å². The predicted molar refractivity (Wildman–Crippen MR) is 111 cm³/mol. The van der Waals surface area contributed by atoms with Crippen molar-refractivity contribution in [3.8, 4) is 11.4 Å². The third-order valence-corrected chi connectivity index (χ3v) is 5.86. The van der Waals surface area contributed by atoms with Crippen LogP contribution in [0.3, 0.4) is 0 Å². The van der Waals surface area contributed by atoms with Gasteiger partial charge in [0.05, 0.1) is 22.7 Å². The van der Waals surface area contributed by atoms with Crippen LogP contribution in [0.1, 0.15) is 25.7 Å². The maximum Gasteiger partial charge on any atom is 0.144 e. The molecule has 1 aliphatic heterocycles. The van der Waals surface area contributed by atoms with Crippen LogP contribution in [0, 0.1) is 11.7 Å². The molecule has 2 aromatic carbocycles. The second kappa shape index (κ2) is 8.50. The molecule has 3 aromatic rings. The number of imidazole rings is 1. The molecule has 6 heteroatoms. The van der Waals surface area contributed by atoms with Crippen LogP contribution < -0.4 is 4.74 Å². The Bertz CT molecular complexity index is 933. The van der Waals surface area contributed by atoms with Crippen LogP contribution in [0.15, 0.2) is 42.7 Å².